The van der Waals surface area contributed by atoms with Crippen LogP contribution in [0.3, 0.4) is 0 Å². The molecule has 0 saturated heterocycles. The van der Waals surface area contributed by atoms with Crippen molar-refractivity contribution in [1.29, 1.82) is 0 Å². The fourth-order valence-corrected chi connectivity index (χ4v) is 2.49. The molecule has 0 saturated carbocycles. The Kier molecular flexibility index (Phi) is 4.95. The number of halogens is 2. The molecule has 5 nitrogen and oxygen atoms in total. The first kappa shape index (κ1) is 15.9. The van der Waals surface area contributed by atoms with E-state index in [-0.39, 0.29) is 0 Å². The zero-order valence-electron chi connectivity index (χ0n) is 10.8. The molecule has 0 fully saturated rings. The van der Waals surface area contributed by atoms with Gasteiger partial charge in [0.15, 0.2) is 0 Å². The second kappa shape index (κ2) is 6.53. The van der Waals surface area contributed by atoms with E-state index in [0.29, 0.717) is 22.3 Å². The van der Waals surface area contributed by atoms with Crippen LogP contribution in [0.25, 0.3) is 0 Å². The van der Waals surface area contributed by atoms with Crippen LogP contribution in [0.4, 0.5) is 11.4 Å². The molecule has 0 amide bonds. The summed E-state index contributed by atoms with van der Waals surface area (Å²) in [6.45, 7) is 0.524. The molecule has 0 spiro atoms. The van der Waals surface area contributed by atoms with Gasteiger partial charge >= 0.3 is 0 Å². The SMILES string of the molecule is NS(=O)(=O)Nc1cccc(NCc2ccc(Cl)c(Cl)c2)c1. The maximum absolute atomic E-state index is 11.0. The van der Waals surface area contributed by atoms with Crippen LogP contribution < -0.4 is 15.2 Å². The van der Waals surface area contributed by atoms with Crippen LogP contribution in [0.1, 0.15) is 5.56 Å². The van der Waals surface area contributed by atoms with E-state index in [0.717, 1.165) is 11.3 Å². The highest BCUT2D eigenvalue weighted by molar-refractivity contribution is 7.90. The minimum Gasteiger partial charge on any atom is -0.381 e. The first-order chi connectivity index (χ1) is 9.83. The highest BCUT2D eigenvalue weighted by Gasteiger charge is 2.03. The van der Waals surface area contributed by atoms with E-state index in [2.05, 4.69) is 10.0 Å². The molecule has 0 aliphatic carbocycles. The summed E-state index contributed by atoms with van der Waals surface area (Å²) < 4.78 is 24.2. The van der Waals surface area contributed by atoms with E-state index in [4.69, 9.17) is 28.3 Å². The molecule has 0 aromatic heterocycles. The van der Waals surface area contributed by atoms with Crippen LogP contribution in [-0.4, -0.2) is 8.42 Å². The molecule has 0 aliphatic rings. The van der Waals surface area contributed by atoms with Crippen LogP contribution in [0.5, 0.6) is 0 Å². The topological polar surface area (TPSA) is 84.2 Å². The number of nitrogens with one attached hydrogen (secondary N) is 2. The lowest BCUT2D eigenvalue weighted by Crippen LogP contribution is -2.21. The molecule has 0 unspecified atom stereocenters. The Labute approximate surface area is 133 Å². The summed E-state index contributed by atoms with van der Waals surface area (Å²) in [4.78, 5) is 0. The van der Waals surface area contributed by atoms with Gasteiger partial charge in [0.05, 0.1) is 15.7 Å². The molecule has 112 valence electrons. The number of benzene rings is 2. The Balaban J connectivity index is 2.06. The van der Waals surface area contributed by atoms with E-state index >= 15 is 0 Å². The molecule has 0 bridgehead atoms. The smallest absolute Gasteiger partial charge is 0.296 e. The largest absolute Gasteiger partial charge is 0.381 e. The lowest BCUT2D eigenvalue weighted by atomic mass is 10.2. The summed E-state index contributed by atoms with van der Waals surface area (Å²) in [6.07, 6.45) is 0. The van der Waals surface area contributed by atoms with Crippen LogP contribution in [0, 0.1) is 0 Å². The third-order valence-corrected chi connectivity index (χ3v) is 3.86. The van der Waals surface area contributed by atoms with Crippen molar-refractivity contribution in [3.8, 4) is 0 Å². The fraction of sp³-hybridized carbons (Fsp3) is 0.0769. The number of rotatable bonds is 5. The Morgan fingerprint density at radius 1 is 1.00 bits per heavy atom. The van der Waals surface area contributed by atoms with Crippen LogP contribution in [0.2, 0.25) is 10.0 Å². The normalized spacial score (nSPS) is 11.2. The van der Waals surface area contributed by atoms with E-state index in [1.54, 1.807) is 30.3 Å². The van der Waals surface area contributed by atoms with E-state index < -0.39 is 10.2 Å². The highest BCUT2D eigenvalue weighted by atomic mass is 35.5. The van der Waals surface area contributed by atoms with Crippen molar-refractivity contribution < 1.29 is 8.42 Å². The summed E-state index contributed by atoms with van der Waals surface area (Å²) in [5.74, 6) is 0. The molecule has 0 aliphatic heterocycles. The van der Waals surface area contributed by atoms with E-state index in [1.165, 1.54) is 0 Å². The van der Waals surface area contributed by atoms with Crippen molar-refractivity contribution in [2.45, 2.75) is 6.54 Å². The number of hydrogen-bond donors (Lipinski definition) is 3. The molecule has 0 heterocycles. The zero-order valence-corrected chi connectivity index (χ0v) is 13.1. The lowest BCUT2D eigenvalue weighted by molar-refractivity contribution is 0.603. The molecule has 21 heavy (non-hydrogen) atoms. The van der Waals surface area contributed by atoms with Gasteiger partial charge in [-0.15, -0.1) is 0 Å². The first-order valence-electron chi connectivity index (χ1n) is 5.92. The van der Waals surface area contributed by atoms with Gasteiger partial charge in [0.2, 0.25) is 0 Å². The molecule has 0 radical (unpaired) electrons. The van der Waals surface area contributed by atoms with Crippen molar-refractivity contribution in [3.05, 3.63) is 58.1 Å². The number of anilines is 2. The van der Waals surface area contributed by atoms with Gasteiger partial charge < -0.3 is 5.32 Å². The van der Waals surface area contributed by atoms with Crippen LogP contribution in [0.15, 0.2) is 42.5 Å². The maximum Gasteiger partial charge on any atom is 0.296 e. The van der Waals surface area contributed by atoms with Gasteiger partial charge in [-0.1, -0.05) is 35.3 Å². The minimum absolute atomic E-state index is 0.386. The van der Waals surface area contributed by atoms with Gasteiger partial charge in [0, 0.05) is 12.2 Å². The predicted molar refractivity (Wildman–Crippen MR) is 87.0 cm³/mol. The van der Waals surface area contributed by atoms with Crippen molar-refractivity contribution in [2.75, 3.05) is 10.0 Å². The molecule has 4 N–H and O–H groups in total. The van der Waals surface area contributed by atoms with Crippen molar-refractivity contribution >= 4 is 44.8 Å². The summed E-state index contributed by atoms with van der Waals surface area (Å²) >= 11 is 11.8. The molecule has 8 heteroatoms. The van der Waals surface area contributed by atoms with Gasteiger partial charge in [-0.3, -0.25) is 4.72 Å². The molecule has 2 aromatic rings. The number of hydrogen-bond acceptors (Lipinski definition) is 3. The van der Waals surface area contributed by atoms with Gasteiger partial charge in [0.25, 0.3) is 10.2 Å². The zero-order chi connectivity index (χ0) is 15.5. The molecular formula is C13H13Cl2N3O2S. The molecule has 0 atom stereocenters. The van der Waals surface area contributed by atoms with Crippen molar-refractivity contribution in [3.63, 3.8) is 0 Å². The first-order valence-corrected chi connectivity index (χ1v) is 8.22. The van der Waals surface area contributed by atoms with E-state index in [1.807, 2.05) is 12.1 Å². The second-order valence-electron chi connectivity index (χ2n) is 4.33. The summed E-state index contributed by atoms with van der Waals surface area (Å²) in [5, 5.41) is 9.07. The highest BCUT2D eigenvalue weighted by Crippen LogP contribution is 2.23. The van der Waals surface area contributed by atoms with Gasteiger partial charge in [0.1, 0.15) is 0 Å². The Morgan fingerprint density at radius 3 is 2.38 bits per heavy atom. The van der Waals surface area contributed by atoms with Crippen molar-refractivity contribution in [1.82, 2.24) is 0 Å². The quantitative estimate of drug-likeness (QED) is 0.777. The maximum atomic E-state index is 11.0. The predicted octanol–water partition coefficient (Wildman–Crippen LogP) is 3.22. The summed E-state index contributed by atoms with van der Waals surface area (Å²) in [6, 6.07) is 12.1. The molecular weight excluding hydrogens is 333 g/mol. The molecule has 2 aromatic carbocycles. The Hall–Kier alpha value is -1.47. The van der Waals surface area contributed by atoms with Crippen molar-refractivity contribution in [2.24, 2.45) is 5.14 Å². The Morgan fingerprint density at radius 2 is 1.71 bits per heavy atom. The molecule has 2 rings (SSSR count). The monoisotopic (exact) mass is 345 g/mol. The third kappa shape index (κ3) is 5.09. The van der Waals surface area contributed by atoms with Gasteiger partial charge in [-0.05, 0) is 35.9 Å². The average Bonchev–Trinajstić information content (AvgIpc) is 2.39. The average molecular weight is 346 g/mol. The Bertz CT molecular complexity index is 751. The minimum atomic E-state index is -3.78. The third-order valence-electron chi connectivity index (χ3n) is 2.60. The van der Waals surface area contributed by atoms with Gasteiger partial charge in [-0.25, -0.2) is 5.14 Å². The summed E-state index contributed by atoms with van der Waals surface area (Å²) in [7, 11) is -3.78. The van der Waals surface area contributed by atoms with Crippen LogP contribution in [-0.2, 0) is 16.8 Å². The van der Waals surface area contributed by atoms with Gasteiger partial charge in [-0.2, -0.15) is 8.42 Å². The summed E-state index contributed by atoms with van der Waals surface area (Å²) in [5.41, 5.74) is 2.08. The van der Waals surface area contributed by atoms with E-state index in [9.17, 15) is 8.42 Å². The van der Waals surface area contributed by atoms with Crippen LogP contribution >= 0.6 is 23.2 Å². The standard InChI is InChI=1S/C13H13Cl2N3O2S/c14-12-5-4-9(6-13(12)15)8-17-10-2-1-3-11(7-10)18-21(16,19)20/h1-7,17-18H,8H2,(H2,16,19,20). The number of nitrogens with two attached hydrogens (primary N) is 1. The lowest BCUT2D eigenvalue weighted by Gasteiger charge is -2.09. The second-order valence-corrected chi connectivity index (χ2v) is 6.44. The fourth-order valence-electron chi connectivity index (χ4n) is 1.71.